The van der Waals surface area contributed by atoms with Crippen LogP contribution in [0.5, 0.6) is 5.75 Å². The summed E-state index contributed by atoms with van der Waals surface area (Å²) in [5, 5.41) is 8.26. The Labute approximate surface area is 318 Å². The van der Waals surface area contributed by atoms with Gasteiger partial charge < -0.3 is 24.4 Å². The normalized spacial score (nSPS) is 17.3. The standard InChI is InChI=1S/C36H43Cl2N7O7S/c1-24-19-31(44-23-39-22-41-44)27-5-3-7-32(35(27)42-24)52-21-28-29(37)8-9-33(34(28)38)53(48,49)45-12-4-6-30(45)36(47)40-20-26-10-13-43(14-11-26)15-16-50-17-18-51-25(2)46/h3,5,7-9,19,22-23,26,30H,4,6,10-18,20-21H2,1-2H3,(H,40,47)/t30-/m0/s1. The molecule has 2 aliphatic heterocycles. The molecule has 53 heavy (non-hydrogen) atoms. The van der Waals surface area contributed by atoms with E-state index in [1.807, 2.05) is 25.1 Å². The summed E-state index contributed by atoms with van der Waals surface area (Å²) in [4.78, 5) is 35.2. The van der Waals surface area contributed by atoms with E-state index in [0.717, 1.165) is 49.2 Å². The summed E-state index contributed by atoms with van der Waals surface area (Å²) in [5.74, 6) is 0.109. The van der Waals surface area contributed by atoms with Crippen molar-refractivity contribution >= 4 is 56.0 Å². The van der Waals surface area contributed by atoms with E-state index >= 15 is 0 Å². The minimum Gasteiger partial charge on any atom is -0.487 e. The molecule has 0 radical (unpaired) electrons. The number of hydrogen-bond acceptors (Lipinski definition) is 11. The monoisotopic (exact) mass is 787 g/mol. The van der Waals surface area contributed by atoms with Gasteiger partial charge in [0, 0.05) is 48.2 Å². The quantitative estimate of drug-likeness (QED) is 0.133. The van der Waals surface area contributed by atoms with Gasteiger partial charge in [-0.25, -0.2) is 23.1 Å². The van der Waals surface area contributed by atoms with Gasteiger partial charge in [-0.05, 0) is 75.9 Å². The van der Waals surface area contributed by atoms with Crippen LogP contribution in [0.1, 0.15) is 43.9 Å². The molecule has 2 saturated heterocycles. The first-order chi connectivity index (χ1) is 25.5. The van der Waals surface area contributed by atoms with Crippen molar-refractivity contribution in [3.8, 4) is 11.4 Å². The zero-order valence-electron chi connectivity index (χ0n) is 29.7. The lowest BCUT2D eigenvalue weighted by atomic mass is 9.96. The van der Waals surface area contributed by atoms with E-state index < -0.39 is 16.1 Å². The third-order valence-corrected chi connectivity index (χ3v) is 12.4. The van der Waals surface area contributed by atoms with Crippen LogP contribution in [-0.2, 0) is 35.7 Å². The molecule has 0 spiro atoms. The number of carbonyl (C=O) groups excluding carboxylic acids is 2. The van der Waals surface area contributed by atoms with Crippen molar-refractivity contribution in [2.75, 3.05) is 52.5 Å². The number of ether oxygens (including phenoxy) is 3. The third kappa shape index (κ3) is 9.27. The molecule has 6 rings (SSSR count). The largest absolute Gasteiger partial charge is 0.487 e. The molecule has 2 fully saturated rings. The van der Waals surface area contributed by atoms with Gasteiger partial charge in [0.25, 0.3) is 0 Å². The van der Waals surface area contributed by atoms with Crippen molar-refractivity contribution < 1.29 is 32.2 Å². The Balaban J connectivity index is 1.07. The lowest BCUT2D eigenvalue weighted by Gasteiger charge is -2.32. The molecule has 2 aliphatic rings. The number of carbonyl (C=O) groups is 2. The third-order valence-electron chi connectivity index (χ3n) is 9.55. The number of nitrogens with zero attached hydrogens (tertiary/aromatic N) is 6. The SMILES string of the molecule is CC(=O)OCCOCCN1CCC(CNC(=O)[C@@H]2CCCN2S(=O)(=O)c2ccc(Cl)c(COc3cccc4c(-n5cncn5)cc(C)nc34)c2Cl)CC1. The minimum atomic E-state index is -4.17. The minimum absolute atomic E-state index is 0.0576. The lowest BCUT2D eigenvalue weighted by molar-refractivity contribution is -0.142. The molecule has 2 aromatic heterocycles. The van der Waals surface area contributed by atoms with Gasteiger partial charge in [-0.2, -0.15) is 9.40 Å². The van der Waals surface area contributed by atoms with Gasteiger partial charge in [-0.3, -0.25) is 9.59 Å². The predicted molar refractivity (Wildman–Crippen MR) is 199 cm³/mol. The molecule has 4 aromatic rings. The zero-order valence-corrected chi connectivity index (χ0v) is 32.0. The van der Waals surface area contributed by atoms with E-state index in [1.54, 1.807) is 17.1 Å². The number of hydrogen-bond donors (Lipinski definition) is 1. The van der Waals surface area contributed by atoms with E-state index in [0.29, 0.717) is 49.4 Å². The second-order valence-corrected chi connectivity index (χ2v) is 15.8. The maximum Gasteiger partial charge on any atom is 0.302 e. The van der Waals surface area contributed by atoms with E-state index in [9.17, 15) is 18.0 Å². The molecular weight excluding hydrogens is 745 g/mol. The van der Waals surface area contributed by atoms with Crippen molar-refractivity contribution in [1.82, 2.24) is 34.3 Å². The van der Waals surface area contributed by atoms with Crippen molar-refractivity contribution in [3.05, 3.63) is 70.4 Å². The van der Waals surface area contributed by atoms with Crippen molar-refractivity contribution in [1.29, 1.82) is 0 Å². The molecule has 14 nitrogen and oxygen atoms in total. The van der Waals surface area contributed by atoms with E-state index in [2.05, 4.69) is 20.3 Å². The van der Waals surface area contributed by atoms with Crippen LogP contribution in [-0.4, -0.2) is 108 Å². The van der Waals surface area contributed by atoms with Gasteiger partial charge >= 0.3 is 5.97 Å². The van der Waals surface area contributed by atoms with Gasteiger partial charge in [-0.15, -0.1) is 0 Å². The number of aromatic nitrogens is 4. The Morgan fingerprint density at radius 3 is 2.60 bits per heavy atom. The van der Waals surface area contributed by atoms with Gasteiger partial charge in [0.15, 0.2) is 0 Å². The van der Waals surface area contributed by atoms with Gasteiger partial charge in [0.2, 0.25) is 15.9 Å². The van der Waals surface area contributed by atoms with Crippen LogP contribution in [0, 0.1) is 12.8 Å². The predicted octanol–water partition coefficient (Wildman–Crippen LogP) is 4.57. The number of fused-ring (bicyclic) bond motifs is 1. The summed E-state index contributed by atoms with van der Waals surface area (Å²) in [7, 11) is -4.17. The first-order valence-corrected chi connectivity index (χ1v) is 19.8. The lowest BCUT2D eigenvalue weighted by Crippen LogP contribution is -2.47. The van der Waals surface area contributed by atoms with E-state index in [-0.39, 0.29) is 52.5 Å². The highest BCUT2D eigenvalue weighted by molar-refractivity contribution is 7.89. The number of nitrogens with one attached hydrogen (secondary N) is 1. The van der Waals surface area contributed by atoms with E-state index in [4.69, 9.17) is 42.4 Å². The summed E-state index contributed by atoms with van der Waals surface area (Å²) in [6.45, 7) is 7.48. The van der Waals surface area contributed by atoms with Crippen molar-refractivity contribution in [2.45, 2.75) is 57.1 Å². The number of amides is 1. The number of rotatable bonds is 15. The fourth-order valence-electron chi connectivity index (χ4n) is 6.76. The topological polar surface area (TPSA) is 158 Å². The molecule has 1 atom stereocenters. The van der Waals surface area contributed by atoms with Crippen molar-refractivity contribution in [3.63, 3.8) is 0 Å². The highest BCUT2D eigenvalue weighted by atomic mass is 35.5. The smallest absolute Gasteiger partial charge is 0.302 e. The Bertz CT molecular complexity index is 2030. The molecule has 2 aromatic carbocycles. The first kappa shape index (κ1) is 38.9. The van der Waals surface area contributed by atoms with Crippen LogP contribution in [0.2, 0.25) is 10.0 Å². The second-order valence-electron chi connectivity index (χ2n) is 13.2. The molecule has 4 heterocycles. The average molecular weight is 789 g/mol. The summed E-state index contributed by atoms with van der Waals surface area (Å²) < 4.78 is 47.7. The van der Waals surface area contributed by atoms with Gasteiger partial charge in [0.05, 0.1) is 23.9 Å². The highest BCUT2D eigenvalue weighted by Gasteiger charge is 2.41. The molecule has 1 amide bonds. The zero-order chi connectivity index (χ0) is 37.5. The number of halogens is 2. The maximum atomic E-state index is 14.1. The molecule has 0 aliphatic carbocycles. The summed E-state index contributed by atoms with van der Waals surface area (Å²) in [6, 6.07) is 9.42. The van der Waals surface area contributed by atoms with Crippen LogP contribution >= 0.6 is 23.2 Å². The Kier molecular flexibility index (Phi) is 12.8. The fourth-order valence-corrected chi connectivity index (χ4v) is 9.28. The fraction of sp³-hybridized carbons (Fsp3) is 0.472. The molecule has 17 heteroatoms. The number of sulfonamides is 1. The number of likely N-dealkylation sites (tertiary alicyclic amines) is 1. The Morgan fingerprint density at radius 1 is 1.04 bits per heavy atom. The summed E-state index contributed by atoms with van der Waals surface area (Å²) in [5.41, 5.74) is 2.41. The van der Waals surface area contributed by atoms with Crippen LogP contribution in [0.15, 0.2) is 53.9 Å². The number of esters is 1. The molecule has 0 saturated carbocycles. The van der Waals surface area contributed by atoms with Crippen LogP contribution in [0.25, 0.3) is 16.6 Å². The number of benzene rings is 2. The Morgan fingerprint density at radius 2 is 1.85 bits per heavy atom. The van der Waals surface area contributed by atoms with Crippen molar-refractivity contribution in [2.24, 2.45) is 5.92 Å². The van der Waals surface area contributed by atoms with Crippen LogP contribution in [0.4, 0.5) is 0 Å². The summed E-state index contributed by atoms with van der Waals surface area (Å²) in [6.07, 6.45) is 5.82. The first-order valence-electron chi connectivity index (χ1n) is 17.6. The molecule has 0 unspecified atom stereocenters. The maximum absolute atomic E-state index is 14.1. The van der Waals surface area contributed by atoms with E-state index in [1.165, 1.54) is 29.7 Å². The number of para-hydroxylation sites is 1. The highest BCUT2D eigenvalue weighted by Crippen LogP contribution is 2.37. The average Bonchev–Trinajstić information content (AvgIpc) is 3.86. The number of aryl methyl sites for hydroxylation is 1. The van der Waals surface area contributed by atoms with Crippen LogP contribution in [0.3, 0.4) is 0 Å². The number of piperidine rings is 1. The van der Waals surface area contributed by atoms with Gasteiger partial charge in [-0.1, -0.05) is 35.3 Å². The molecule has 1 N–H and O–H groups in total. The molecule has 284 valence electrons. The Hall–Kier alpha value is -3.86. The summed E-state index contributed by atoms with van der Waals surface area (Å²) >= 11 is 13.4. The van der Waals surface area contributed by atoms with Crippen LogP contribution < -0.4 is 10.1 Å². The number of pyridine rings is 1. The van der Waals surface area contributed by atoms with Gasteiger partial charge in [0.1, 0.15) is 48.1 Å². The second kappa shape index (κ2) is 17.5. The molecular formula is C36H43Cl2N7O7S. The molecule has 0 bridgehead atoms.